The first kappa shape index (κ1) is 21.2. The maximum atomic E-state index is 12.2. The van der Waals surface area contributed by atoms with Crippen LogP contribution in [-0.4, -0.2) is 54.4 Å². The molecule has 2 N–H and O–H groups in total. The van der Waals surface area contributed by atoms with Crippen LogP contribution in [0, 0.1) is 11.8 Å². The Morgan fingerprint density at radius 1 is 1.17 bits per heavy atom. The summed E-state index contributed by atoms with van der Waals surface area (Å²) >= 11 is 0. The van der Waals surface area contributed by atoms with Gasteiger partial charge in [-0.05, 0) is 43.5 Å². The van der Waals surface area contributed by atoms with Gasteiger partial charge in [0.05, 0.1) is 22.5 Å². The van der Waals surface area contributed by atoms with Crippen LogP contribution in [0.1, 0.15) is 38.5 Å². The van der Waals surface area contributed by atoms with Gasteiger partial charge in [0.25, 0.3) is 10.1 Å². The van der Waals surface area contributed by atoms with Gasteiger partial charge < -0.3 is 19.3 Å². The Kier molecular flexibility index (Phi) is 5.60. The Morgan fingerprint density at radius 2 is 1.83 bits per heavy atom. The van der Waals surface area contributed by atoms with Crippen LogP contribution in [0.4, 0.5) is 0 Å². The van der Waals surface area contributed by atoms with E-state index in [2.05, 4.69) is 0 Å². The molecule has 1 aliphatic heterocycles. The van der Waals surface area contributed by atoms with Gasteiger partial charge in [0.1, 0.15) is 18.5 Å². The van der Waals surface area contributed by atoms with Crippen LogP contribution in [0.25, 0.3) is 0 Å². The van der Waals surface area contributed by atoms with Crippen molar-refractivity contribution in [1.29, 1.82) is 0 Å². The predicted octanol–water partition coefficient (Wildman–Crippen LogP) is 1.48. The number of fused-ring (bicyclic) bond motifs is 2. The lowest BCUT2D eigenvalue weighted by Gasteiger charge is -2.40. The smallest absolute Gasteiger partial charge is 0.337 e. The number of hydrogen-bond donors (Lipinski definition) is 2. The molecular formula is C20H24O9S. The Hall–Kier alpha value is -2.01. The van der Waals surface area contributed by atoms with Crippen molar-refractivity contribution in [3.63, 3.8) is 0 Å². The Morgan fingerprint density at radius 3 is 2.47 bits per heavy atom. The van der Waals surface area contributed by atoms with E-state index in [4.69, 9.17) is 18.8 Å². The highest BCUT2D eigenvalue weighted by Gasteiger charge is 2.56. The average molecular weight is 440 g/mol. The number of carbonyl (C=O) groups excluding carboxylic acids is 2. The summed E-state index contributed by atoms with van der Waals surface area (Å²) in [7, 11) is -4.33. The van der Waals surface area contributed by atoms with E-state index in [9.17, 15) is 23.1 Å². The maximum absolute atomic E-state index is 12.2. The third-order valence-corrected chi connectivity index (χ3v) is 7.24. The van der Waals surface area contributed by atoms with Crippen LogP contribution in [0.2, 0.25) is 0 Å². The number of rotatable bonds is 6. The molecule has 1 aromatic rings. The third-order valence-electron chi connectivity index (χ3n) is 6.37. The molecule has 3 fully saturated rings. The number of hydrogen-bond acceptors (Lipinski definition) is 8. The summed E-state index contributed by atoms with van der Waals surface area (Å²) in [6, 6.07) is 4.73. The molecule has 164 valence electrons. The molecular weight excluding hydrogens is 416 g/mol. The molecule has 1 heterocycles. The summed E-state index contributed by atoms with van der Waals surface area (Å²) in [5.41, 5.74) is -0.893. The molecule has 9 nitrogen and oxygen atoms in total. The Bertz CT molecular complexity index is 918. The zero-order chi connectivity index (χ0) is 21.5. The van der Waals surface area contributed by atoms with Crippen molar-refractivity contribution in [1.82, 2.24) is 0 Å². The molecule has 30 heavy (non-hydrogen) atoms. The van der Waals surface area contributed by atoms with Gasteiger partial charge in [-0.1, -0.05) is 12.8 Å². The number of esters is 2. The SMILES string of the molecule is O=C(COC1CC(C2(O)CCCC2)C2CC1OC2=O)Oc1ccc(S(=O)(=O)O)cc1. The van der Waals surface area contributed by atoms with Gasteiger partial charge in [0, 0.05) is 12.3 Å². The van der Waals surface area contributed by atoms with Crippen molar-refractivity contribution in [2.45, 2.75) is 61.2 Å². The predicted molar refractivity (Wildman–Crippen MR) is 101 cm³/mol. The van der Waals surface area contributed by atoms with Crippen LogP contribution in [0.3, 0.4) is 0 Å². The molecule has 0 aromatic heterocycles. The summed E-state index contributed by atoms with van der Waals surface area (Å²) in [5.74, 6) is -1.48. The first-order valence-electron chi connectivity index (χ1n) is 9.98. The lowest BCUT2D eigenvalue weighted by molar-refractivity contribution is -0.151. The second kappa shape index (κ2) is 7.92. The Balaban J connectivity index is 1.36. The zero-order valence-corrected chi connectivity index (χ0v) is 17.0. The lowest BCUT2D eigenvalue weighted by Crippen LogP contribution is -2.47. The molecule has 2 bridgehead atoms. The monoisotopic (exact) mass is 440 g/mol. The summed E-state index contributed by atoms with van der Waals surface area (Å²) in [6.07, 6.45) is 3.12. The number of ether oxygens (including phenoxy) is 3. The molecule has 3 aliphatic rings. The zero-order valence-electron chi connectivity index (χ0n) is 16.2. The van der Waals surface area contributed by atoms with E-state index in [1.54, 1.807) is 0 Å². The van der Waals surface area contributed by atoms with E-state index in [0.29, 0.717) is 25.7 Å². The van der Waals surface area contributed by atoms with Gasteiger partial charge in [-0.3, -0.25) is 9.35 Å². The number of aliphatic hydroxyl groups is 1. The van der Waals surface area contributed by atoms with Crippen molar-refractivity contribution in [3.8, 4) is 5.75 Å². The van der Waals surface area contributed by atoms with E-state index in [1.165, 1.54) is 12.1 Å². The van der Waals surface area contributed by atoms with Gasteiger partial charge in [0.15, 0.2) is 0 Å². The van der Waals surface area contributed by atoms with Gasteiger partial charge in [-0.25, -0.2) is 4.79 Å². The van der Waals surface area contributed by atoms with Crippen LogP contribution in [-0.2, 0) is 29.2 Å². The third kappa shape index (κ3) is 4.22. The molecule has 0 spiro atoms. The largest absolute Gasteiger partial charge is 0.459 e. The number of carbonyl (C=O) groups is 2. The highest BCUT2D eigenvalue weighted by Crippen LogP contribution is 2.49. The molecule has 0 radical (unpaired) electrons. The van der Waals surface area contributed by atoms with Crippen molar-refractivity contribution < 1.29 is 41.9 Å². The molecule has 4 unspecified atom stereocenters. The topological polar surface area (TPSA) is 136 Å². The molecule has 4 atom stereocenters. The molecule has 0 amide bonds. The van der Waals surface area contributed by atoms with E-state index in [1.807, 2.05) is 0 Å². The minimum atomic E-state index is -4.33. The van der Waals surface area contributed by atoms with Gasteiger partial charge >= 0.3 is 11.9 Å². The van der Waals surface area contributed by atoms with Crippen LogP contribution in [0.15, 0.2) is 29.2 Å². The van der Waals surface area contributed by atoms with E-state index >= 15 is 0 Å². The summed E-state index contributed by atoms with van der Waals surface area (Å²) < 4.78 is 47.3. The highest BCUT2D eigenvalue weighted by atomic mass is 32.2. The fourth-order valence-electron chi connectivity index (χ4n) is 4.90. The van der Waals surface area contributed by atoms with Gasteiger partial charge in [-0.15, -0.1) is 0 Å². The van der Waals surface area contributed by atoms with Crippen LogP contribution in [0.5, 0.6) is 5.75 Å². The van der Waals surface area contributed by atoms with Crippen molar-refractivity contribution >= 4 is 22.1 Å². The molecule has 4 rings (SSSR count). The minimum Gasteiger partial charge on any atom is -0.459 e. The summed E-state index contributed by atoms with van der Waals surface area (Å²) in [4.78, 5) is 24.1. The highest BCUT2D eigenvalue weighted by molar-refractivity contribution is 7.85. The van der Waals surface area contributed by atoms with Gasteiger partial charge in [-0.2, -0.15) is 8.42 Å². The fraction of sp³-hybridized carbons (Fsp3) is 0.600. The molecule has 2 saturated carbocycles. The quantitative estimate of drug-likeness (QED) is 0.383. The van der Waals surface area contributed by atoms with E-state index < -0.39 is 33.9 Å². The second-order valence-corrected chi connectivity index (χ2v) is 9.66. The van der Waals surface area contributed by atoms with Crippen molar-refractivity contribution in [2.24, 2.45) is 11.8 Å². The number of benzene rings is 1. The van der Waals surface area contributed by atoms with Gasteiger partial charge in [0.2, 0.25) is 0 Å². The average Bonchev–Trinajstić information content (AvgIpc) is 3.26. The van der Waals surface area contributed by atoms with Crippen LogP contribution < -0.4 is 4.74 Å². The lowest BCUT2D eigenvalue weighted by atomic mass is 9.69. The van der Waals surface area contributed by atoms with Crippen molar-refractivity contribution in [3.05, 3.63) is 24.3 Å². The van der Waals surface area contributed by atoms with Crippen LogP contribution >= 0.6 is 0 Å². The summed E-state index contributed by atoms with van der Waals surface area (Å²) in [6.45, 7) is -0.380. The van der Waals surface area contributed by atoms with E-state index in [-0.39, 0.29) is 35.1 Å². The first-order chi connectivity index (χ1) is 14.2. The normalized spacial score (nSPS) is 30.1. The second-order valence-electron chi connectivity index (χ2n) is 8.24. The maximum Gasteiger partial charge on any atom is 0.337 e. The minimum absolute atomic E-state index is 0.102. The van der Waals surface area contributed by atoms with Crippen molar-refractivity contribution in [2.75, 3.05) is 6.61 Å². The first-order valence-corrected chi connectivity index (χ1v) is 11.4. The molecule has 2 aliphatic carbocycles. The molecule has 1 aromatic carbocycles. The Labute approximate surface area is 174 Å². The molecule has 1 saturated heterocycles. The van der Waals surface area contributed by atoms with E-state index in [0.717, 1.165) is 25.0 Å². The standard InChI is InChI=1S/C20H24O9S/c21-18(28-12-3-5-13(6-4-12)30(24,25)26)11-27-16-10-15(20(23)7-1-2-8-20)14-9-17(16)29-19(14)22/h3-6,14-17,23H,1-2,7-11H2,(H,24,25,26). The summed E-state index contributed by atoms with van der Waals surface area (Å²) in [5, 5.41) is 11.0. The fourth-order valence-corrected chi connectivity index (χ4v) is 5.38. The molecule has 10 heteroatoms.